The summed E-state index contributed by atoms with van der Waals surface area (Å²) >= 11 is 0. The minimum Gasteiger partial charge on any atom is -0.369 e. The molecule has 0 aliphatic carbocycles. The molecule has 6 unspecified atom stereocenters. The average Bonchev–Trinajstić information content (AvgIpc) is 3.48. The first kappa shape index (κ1) is 18.2. The van der Waals surface area contributed by atoms with Gasteiger partial charge in [0.1, 0.15) is 0 Å². The Balaban J connectivity index is 1.18. The second-order valence-electron chi connectivity index (χ2n) is 7.53. The number of allylic oxidation sites excluding steroid dienone is 2. The number of rotatable bonds is 14. The van der Waals surface area contributed by atoms with Crippen molar-refractivity contribution in [3.05, 3.63) is 24.8 Å². The van der Waals surface area contributed by atoms with Crippen molar-refractivity contribution in [3.8, 4) is 0 Å². The van der Waals surface area contributed by atoms with Crippen LogP contribution in [0.4, 0.5) is 0 Å². The highest BCUT2D eigenvalue weighted by molar-refractivity contribution is 5.00. The van der Waals surface area contributed by atoms with Crippen LogP contribution in [0.15, 0.2) is 24.8 Å². The van der Waals surface area contributed by atoms with Gasteiger partial charge in [-0.05, 0) is 38.5 Å². The van der Waals surface area contributed by atoms with E-state index in [1.54, 1.807) is 0 Å². The summed E-state index contributed by atoms with van der Waals surface area (Å²) in [7, 11) is 0. The number of hydrogen-bond acceptors (Lipinski definition) is 3. The van der Waals surface area contributed by atoms with E-state index in [0.717, 1.165) is 25.7 Å². The molecule has 3 aliphatic heterocycles. The quantitative estimate of drug-likeness (QED) is 0.256. The van der Waals surface area contributed by atoms with Crippen molar-refractivity contribution < 1.29 is 14.2 Å². The van der Waals surface area contributed by atoms with Gasteiger partial charge in [0.05, 0.1) is 36.6 Å². The second kappa shape index (κ2) is 9.17. The van der Waals surface area contributed by atoms with Gasteiger partial charge in [0.15, 0.2) is 0 Å². The van der Waals surface area contributed by atoms with Crippen LogP contribution in [0.5, 0.6) is 0 Å². The highest BCUT2D eigenvalue weighted by Crippen LogP contribution is 2.42. The van der Waals surface area contributed by atoms with Crippen molar-refractivity contribution in [2.45, 2.75) is 108 Å². The topological polar surface area (TPSA) is 37.6 Å². The predicted molar refractivity (Wildman–Crippen MR) is 97.2 cm³/mol. The molecule has 0 aromatic rings. The highest BCUT2D eigenvalue weighted by Gasteiger charge is 2.51. The van der Waals surface area contributed by atoms with Gasteiger partial charge in [-0.15, -0.1) is 6.58 Å². The van der Waals surface area contributed by atoms with E-state index >= 15 is 0 Å². The summed E-state index contributed by atoms with van der Waals surface area (Å²) in [5, 5.41) is 0. The Kier molecular flexibility index (Phi) is 6.94. The molecule has 0 N–H and O–H groups in total. The van der Waals surface area contributed by atoms with Crippen LogP contribution in [0.1, 0.15) is 71.1 Å². The fourth-order valence-electron chi connectivity index (χ4n) is 3.61. The predicted octanol–water partition coefficient (Wildman–Crippen LogP) is 4.95. The van der Waals surface area contributed by atoms with Crippen LogP contribution in [-0.4, -0.2) is 36.6 Å². The number of epoxide rings is 3. The van der Waals surface area contributed by atoms with E-state index in [0.29, 0.717) is 36.6 Å². The zero-order valence-electron chi connectivity index (χ0n) is 15.2. The monoisotopic (exact) mass is 334 g/mol. The van der Waals surface area contributed by atoms with Crippen molar-refractivity contribution in [3.63, 3.8) is 0 Å². The van der Waals surface area contributed by atoms with E-state index in [2.05, 4.69) is 25.7 Å². The smallest absolute Gasteiger partial charge is 0.0877 e. The molecule has 0 bridgehead atoms. The first-order valence-electron chi connectivity index (χ1n) is 10.0. The third kappa shape index (κ3) is 6.02. The maximum absolute atomic E-state index is 5.82. The molecule has 0 aromatic heterocycles. The van der Waals surface area contributed by atoms with Crippen molar-refractivity contribution in [2.24, 2.45) is 0 Å². The van der Waals surface area contributed by atoms with Gasteiger partial charge in [-0.2, -0.15) is 0 Å². The van der Waals surface area contributed by atoms with E-state index in [1.165, 1.54) is 38.5 Å². The maximum Gasteiger partial charge on any atom is 0.0877 e. The second-order valence-corrected chi connectivity index (χ2v) is 7.53. The Labute approximate surface area is 147 Å². The molecular formula is C21H34O3. The minimum atomic E-state index is 0.423. The summed E-state index contributed by atoms with van der Waals surface area (Å²) < 4.78 is 17.3. The molecule has 3 nitrogen and oxygen atoms in total. The van der Waals surface area contributed by atoms with Crippen molar-refractivity contribution in [2.75, 3.05) is 0 Å². The summed E-state index contributed by atoms with van der Waals surface area (Å²) in [5.74, 6) is 0. The number of unbranched alkanes of at least 4 members (excludes halogenated alkanes) is 4. The lowest BCUT2D eigenvalue weighted by molar-refractivity contribution is 0.309. The zero-order valence-corrected chi connectivity index (χ0v) is 15.2. The number of hydrogen-bond donors (Lipinski definition) is 0. The van der Waals surface area contributed by atoms with Crippen molar-refractivity contribution in [1.29, 1.82) is 0 Å². The largest absolute Gasteiger partial charge is 0.369 e. The lowest BCUT2D eigenvalue weighted by Gasteiger charge is -1.93. The molecule has 3 fully saturated rings. The lowest BCUT2D eigenvalue weighted by Crippen LogP contribution is -2.05. The molecular weight excluding hydrogens is 300 g/mol. The van der Waals surface area contributed by atoms with Gasteiger partial charge in [0, 0.05) is 12.8 Å². The maximum atomic E-state index is 5.82. The Hall–Kier alpha value is -0.640. The fourth-order valence-corrected chi connectivity index (χ4v) is 3.61. The molecule has 0 saturated carbocycles. The fraction of sp³-hybridized carbons (Fsp3) is 0.810. The zero-order chi connectivity index (χ0) is 16.8. The molecule has 0 spiro atoms. The molecule has 0 radical (unpaired) electrons. The van der Waals surface area contributed by atoms with Crippen LogP contribution in [0, 0.1) is 0 Å². The standard InChI is InChI=1S/C21H34O3/c1-3-5-7-8-9-11-13-17-19(23-17)15-21-20(24-21)14-18-16(22-18)12-10-6-4-2/h4,9,11,16-21H,2-3,5-8,10,12-15H2,1H3. The van der Waals surface area contributed by atoms with Crippen LogP contribution in [0.25, 0.3) is 0 Å². The summed E-state index contributed by atoms with van der Waals surface area (Å²) in [6, 6.07) is 0. The van der Waals surface area contributed by atoms with Gasteiger partial charge >= 0.3 is 0 Å². The Morgan fingerprint density at radius 3 is 2.17 bits per heavy atom. The minimum absolute atomic E-state index is 0.423. The van der Waals surface area contributed by atoms with Gasteiger partial charge in [-0.3, -0.25) is 0 Å². The van der Waals surface area contributed by atoms with Gasteiger partial charge < -0.3 is 14.2 Å². The molecule has 3 aliphatic rings. The van der Waals surface area contributed by atoms with Crippen molar-refractivity contribution in [1.82, 2.24) is 0 Å². The van der Waals surface area contributed by atoms with Crippen LogP contribution in [0.3, 0.4) is 0 Å². The molecule has 3 saturated heterocycles. The number of ether oxygens (including phenoxy) is 3. The van der Waals surface area contributed by atoms with Crippen LogP contribution in [0.2, 0.25) is 0 Å². The summed E-state index contributed by atoms with van der Waals surface area (Å²) in [4.78, 5) is 0. The van der Waals surface area contributed by atoms with Gasteiger partial charge in [0.2, 0.25) is 0 Å². The molecule has 3 heteroatoms. The van der Waals surface area contributed by atoms with Gasteiger partial charge in [-0.1, -0.05) is 38.0 Å². The van der Waals surface area contributed by atoms with E-state index < -0.39 is 0 Å². The van der Waals surface area contributed by atoms with E-state index in [9.17, 15) is 0 Å². The highest BCUT2D eigenvalue weighted by atomic mass is 16.6. The summed E-state index contributed by atoms with van der Waals surface area (Å²) in [5.41, 5.74) is 0. The molecule has 24 heavy (non-hydrogen) atoms. The van der Waals surface area contributed by atoms with E-state index in [-0.39, 0.29) is 0 Å². The first-order chi connectivity index (χ1) is 11.8. The lowest BCUT2D eigenvalue weighted by atomic mass is 10.0. The van der Waals surface area contributed by atoms with Crippen LogP contribution >= 0.6 is 0 Å². The average molecular weight is 335 g/mol. The molecule has 136 valence electrons. The van der Waals surface area contributed by atoms with Crippen molar-refractivity contribution >= 4 is 0 Å². The van der Waals surface area contributed by atoms with E-state index in [1.807, 2.05) is 6.08 Å². The Morgan fingerprint density at radius 1 is 0.750 bits per heavy atom. The summed E-state index contributed by atoms with van der Waals surface area (Å²) in [6.07, 6.45) is 21.1. The molecule has 0 amide bonds. The molecule has 0 aromatic carbocycles. The molecule has 3 heterocycles. The normalized spacial score (nSPS) is 36.9. The Bertz CT molecular complexity index is 419. The molecule has 6 atom stereocenters. The first-order valence-corrected chi connectivity index (χ1v) is 10.0. The SMILES string of the molecule is C=CCCCC1OC1CC1OC1CC1OC1CC=CCCCCC. The van der Waals surface area contributed by atoms with E-state index in [4.69, 9.17) is 14.2 Å². The van der Waals surface area contributed by atoms with Gasteiger partial charge in [-0.25, -0.2) is 0 Å². The van der Waals surface area contributed by atoms with Gasteiger partial charge in [0.25, 0.3) is 0 Å². The summed E-state index contributed by atoms with van der Waals surface area (Å²) in [6.45, 7) is 6.01. The van der Waals surface area contributed by atoms with Crippen LogP contribution < -0.4 is 0 Å². The Morgan fingerprint density at radius 2 is 1.42 bits per heavy atom. The third-order valence-electron chi connectivity index (χ3n) is 5.40. The van der Waals surface area contributed by atoms with Crippen LogP contribution in [-0.2, 0) is 14.2 Å². The third-order valence-corrected chi connectivity index (χ3v) is 5.40. The molecule has 3 rings (SSSR count).